The van der Waals surface area contributed by atoms with Crippen molar-refractivity contribution in [3.8, 4) is 0 Å². The molecule has 2 aromatic rings. The number of nitrogens with zero attached hydrogens (tertiary/aromatic N) is 3. The molecule has 0 atom stereocenters. The lowest BCUT2D eigenvalue weighted by molar-refractivity contribution is -0.384. The minimum Gasteiger partial charge on any atom is -0.452 e. The molecule has 9 heteroatoms. The molecule has 1 fully saturated rings. The fourth-order valence-corrected chi connectivity index (χ4v) is 3.24. The zero-order valence-electron chi connectivity index (χ0n) is 16.7. The van der Waals surface area contributed by atoms with Crippen LogP contribution in [0.1, 0.15) is 17.3 Å². The van der Waals surface area contributed by atoms with Gasteiger partial charge in [-0.05, 0) is 36.9 Å². The summed E-state index contributed by atoms with van der Waals surface area (Å²) in [5.74, 6) is -1.28. The Kier molecular flexibility index (Phi) is 6.97. The summed E-state index contributed by atoms with van der Waals surface area (Å²) in [5.41, 5.74) is 1.50. The first kappa shape index (κ1) is 21.3. The molecule has 158 valence electrons. The Hall–Kier alpha value is -3.46. The van der Waals surface area contributed by atoms with Crippen LogP contribution in [-0.2, 0) is 9.53 Å². The van der Waals surface area contributed by atoms with E-state index < -0.39 is 23.4 Å². The third-order valence-electron chi connectivity index (χ3n) is 4.96. The molecule has 1 amide bonds. The molecule has 0 saturated carbocycles. The number of benzene rings is 2. The number of nitrogens with one attached hydrogen (secondary N) is 1. The van der Waals surface area contributed by atoms with E-state index >= 15 is 0 Å². The SMILES string of the molecule is CCN1CCN(c2ccc(NC(=O)COC(=O)c3cccc([N+](=O)[O-])c3)cc2)CC1. The molecular formula is C21H24N4O5. The Morgan fingerprint density at radius 2 is 1.80 bits per heavy atom. The Labute approximate surface area is 174 Å². The van der Waals surface area contributed by atoms with E-state index in [0.717, 1.165) is 44.5 Å². The van der Waals surface area contributed by atoms with Crippen LogP contribution in [-0.4, -0.2) is 61.0 Å². The zero-order valence-corrected chi connectivity index (χ0v) is 16.7. The lowest BCUT2D eigenvalue weighted by Crippen LogP contribution is -2.46. The van der Waals surface area contributed by atoms with Gasteiger partial charge in [-0.2, -0.15) is 0 Å². The number of ether oxygens (including phenoxy) is 1. The fraction of sp³-hybridized carbons (Fsp3) is 0.333. The molecule has 0 unspecified atom stereocenters. The number of nitro benzene ring substituents is 1. The van der Waals surface area contributed by atoms with Gasteiger partial charge in [0.25, 0.3) is 11.6 Å². The van der Waals surface area contributed by atoms with E-state index in [0.29, 0.717) is 5.69 Å². The molecule has 1 aliphatic rings. The number of piperazine rings is 1. The van der Waals surface area contributed by atoms with Gasteiger partial charge in [0.2, 0.25) is 0 Å². The van der Waals surface area contributed by atoms with Crippen LogP contribution < -0.4 is 10.2 Å². The van der Waals surface area contributed by atoms with Crippen molar-refractivity contribution in [2.45, 2.75) is 6.92 Å². The molecule has 1 saturated heterocycles. The smallest absolute Gasteiger partial charge is 0.338 e. The summed E-state index contributed by atoms with van der Waals surface area (Å²) in [6.07, 6.45) is 0. The number of esters is 1. The third-order valence-corrected chi connectivity index (χ3v) is 4.96. The Morgan fingerprint density at radius 3 is 2.43 bits per heavy atom. The third kappa shape index (κ3) is 5.54. The van der Waals surface area contributed by atoms with Crippen molar-refractivity contribution in [3.63, 3.8) is 0 Å². The second-order valence-electron chi connectivity index (χ2n) is 6.90. The number of amides is 1. The van der Waals surface area contributed by atoms with Crippen LogP contribution in [0.2, 0.25) is 0 Å². The van der Waals surface area contributed by atoms with Crippen molar-refractivity contribution >= 4 is 28.9 Å². The normalized spacial score (nSPS) is 14.2. The van der Waals surface area contributed by atoms with Crippen LogP contribution in [0.5, 0.6) is 0 Å². The molecule has 0 spiro atoms. The van der Waals surface area contributed by atoms with Gasteiger partial charge in [-0.25, -0.2) is 4.79 Å². The second-order valence-corrected chi connectivity index (χ2v) is 6.90. The molecule has 2 aromatic carbocycles. The quantitative estimate of drug-likeness (QED) is 0.423. The number of carbonyl (C=O) groups excluding carboxylic acids is 2. The number of non-ortho nitro benzene ring substituents is 1. The largest absolute Gasteiger partial charge is 0.452 e. The Morgan fingerprint density at radius 1 is 1.10 bits per heavy atom. The van der Waals surface area contributed by atoms with Gasteiger partial charge < -0.3 is 19.9 Å². The van der Waals surface area contributed by atoms with E-state index in [1.807, 2.05) is 24.3 Å². The Balaban J connectivity index is 1.48. The average Bonchev–Trinajstić information content (AvgIpc) is 2.78. The average molecular weight is 412 g/mol. The first-order valence-corrected chi connectivity index (χ1v) is 9.75. The number of nitro groups is 1. The molecule has 1 N–H and O–H groups in total. The highest BCUT2D eigenvalue weighted by Crippen LogP contribution is 2.19. The van der Waals surface area contributed by atoms with Crippen LogP contribution in [0.15, 0.2) is 48.5 Å². The van der Waals surface area contributed by atoms with Gasteiger partial charge in [0.15, 0.2) is 6.61 Å². The maximum atomic E-state index is 12.1. The summed E-state index contributed by atoms with van der Waals surface area (Å²) >= 11 is 0. The van der Waals surface area contributed by atoms with Crippen molar-refractivity contribution in [1.29, 1.82) is 0 Å². The molecule has 9 nitrogen and oxygen atoms in total. The molecule has 0 radical (unpaired) electrons. The van der Waals surface area contributed by atoms with Crippen LogP contribution in [0.4, 0.5) is 17.1 Å². The lowest BCUT2D eigenvalue weighted by Gasteiger charge is -2.35. The van der Waals surface area contributed by atoms with Gasteiger partial charge in [-0.1, -0.05) is 13.0 Å². The number of hydrogen-bond donors (Lipinski definition) is 1. The molecule has 0 aliphatic carbocycles. The highest BCUT2D eigenvalue weighted by Gasteiger charge is 2.16. The monoisotopic (exact) mass is 412 g/mol. The van der Waals surface area contributed by atoms with Crippen molar-refractivity contribution < 1.29 is 19.2 Å². The van der Waals surface area contributed by atoms with E-state index in [-0.39, 0.29) is 11.3 Å². The van der Waals surface area contributed by atoms with Crippen LogP contribution in [0, 0.1) is 10.1 Å². The molecule has 0 bridgehead atoms. The summed E-state index contributed by atoms with van der Waals surface area (Å²) in [4.78, 5) is 39.0. The molecule has 1 heterocycles. The number of hydrogen-bond acceptors (Lipinski definition) is 7. The first-order valence-electron chi connectivity index (χ1n) is 9.75. The molecule has 1 aliphatic heterocycles. The standard InChI is InChI=1S/C21H24N4O5/c1-2-23-10-12-24(13-11-23)18-8-6-17(7-9-18)22-20(26)15-30-21(27)16-4-3-5-19(14-16)25(28)29/h3-9,14H,2,10-13,15H2,1H3,(H,22,26). The Bertz CT molecular complexity index is 908. The van der Waals surface area contributed by atoms with Crippen molar-refractivity contribution in [2.24, 2.45) is 0 Å². The molecule has 0 aromatic heterocycles. The van der Waals surface area contributed by atoms with Crippen molar-refractivity contribution in [2.75, 3.05) is 49.5 Å². The second kappa shape index (κ2) is 9.84. The van der Waals surface area contributed by atoms with Crippen molar-refractivity contribution in [3.05, 3.63) is 64.2 Å². The van der Waals surface area contributed by atoms with Gasteiger partial charge in [0.05, 0.1) is 10.5 Å². The highest BCUT2D eigenvalue weighted by atomic mass is 16.6. The topological polar surface area (TPSA) is 105 Å². The molecule has 3 rings (SSSR count). The molecule has 30 heavy (non-hydrogen) atoms. The number of anilines is 2. The summed E-state index contributed by atoms with van der Waals surface area (Å²) in [6.45, 7) is 6.73. The summed E-state index contributed by atoms with van der Waals surface area (Å²) < 4.78 is 4.95. The summed E-state index contributed by atoms with van der Waals surface area (Å²) in [5, 5.41) is 13.5. The molecular weight excluding hydrogens is 388 g/mol. The van der Waals surface area contributed by atoms with Gasteiger partial charge >= 0.3 is 5.97 Å². The maximum Gasteiger partial charge on any atom is 0.338 e. The van der Waals surface area contributed by atoms with Crippen LogP contribution in [0.25, 0.3) is 0 Å². The predicted octanol–water partition coefficient (Wildman–Crippen LogP) is 2.53. The van der Waals surface area contributed by atoms with E-state index in [2.05, 4.69) is 22.0 Å². The van der Waals surface area contributed by atoms with E-state index in [1.54, 1.807) is 0 Å². The lowest BCUT2D eigenvalue weighted by atomic mass is 10.2. The highest BCUT2D eigenvalue weighted by molar-refractivity contribution is 5.95. The minimum atomic E-state index is -0.796. The van der Waals surface area contributed by atoms with E-state index in [9.17, 15) is 19.7 Å². The van der Waals surface area contributed by atoms with E-state index in [4.69, 9.17) is 4.74 Å². The van der Waals surface area contributed by atoms with Crippen LogP contribution >= 0.6 is 0 Å². The van der Waals surface area contributed by atoms with Crippen molar-refractivity contribution in [1.82, 2.24) is 4.90 Å². The number of likely N-dealkylation sites (N-methyl/N-ethyl adjacent to an activating group) is 1. The maximum absolute atomic E-state index is 12.1. The first-order chi connectivity index (χ1) is 14.5. The number of carbonyl (C=O) groups is 2. The van der Waals surface area contributed by atoms with Gasteiger partial charge in [-0.15, -0.1) is 0 Å². The summed E-state index contributed by atoms with van der Waals surface area (Å²) in [7, 11) is 0. The van der Waals surface area contributed by atoms with Gasteiger partial charge in [0.1, 0.15) is 0 Å². The van der Waals surface area contributed by atoms with Crippen LogP contribution in [0.3, 0.4) is 0 Å². The summed E-state index contributed by atoms with van der Waals surface area (Å²) in [6, 6.07) is 12.7. The van der Waals surface area contributed by atoms with Gasteiger partial charge in [0, 0.05) is 49.7 Å². The predicted molar refractivity (Wildman–Crippen MR) is 113 cm³/mol. The minimum absolute atomic E-state index is 0.0181. The van der Waals surface area contributed by atoms with E-state index in [1.165, 1.54) is 18.2 Å². The number of rotatable bonds is 7. The zero-order chi connectivity index (χ0) is 21.5. The fourth-order valence-electron chi connectivity index (χ4n) is 3.24. The van der Waals surface area contributed by atoms with Gasteiger partial charge in [-0.3, -0.25) is 14.9 Å².